The van der Waals surface area contributed by atoms with E-state index in [1.54, 1.807) is 17.4 Å². The lowest BCUT2D eigenvalue weighted by atomic mass is 10.1. The highest BCUT2D eigenvalue weighted by molar-refractivity contribution is 7.09. The van der Waals surface area contributed by atoms with Crippen molar-refractivity contribution in [3.8, 4) is 11.8 Å². The lowest BCUT2D eigenvalue weighted by molar-refractivity contribution is 0.0951. The van der Waals surface area contributed by atoms with E-state index in [9.17, 15) is 4.79 Å². The van der Waals surface area contributed by atoms with Crippen LogP contribution >= 0.6 is 11.3 Å². The maximum atomic E-state index is 12.2. The van der Waals surface area contributed by atoms with Crippen LogP contribution in [-0.2, 0) is 6.54 Å². The molecule has 1 heterocycles. The molecule has 1 aromatic heterocycles. The minimum Gasteiger partial charge on any atom is -0.395 e. The molecule has 0 aliphatic heterocycles. The van der Waals surface area contributed by atoms with E-state index in [1.807, 2.05) is 35.7 Å². The molecule has 20 heavy (non-hydrogen) atoms. The number of thiophene rings is 1. The van der Waals surface area contributed by atoms with Gasteiger partial charge in [-0.15, -0.1) is 11.3 Å². The van der Waals surface area contributed by atoms with Crippen molar-refractivity contribution in [1.82, 2.24) is 5.32 Å². The average Bonchev–Trinajstić information content (AvgIpc) is 2.99. The summed E-state index contributed by atoms with van der Waals surface area (Å²) < 4.78 is 0. The zero-order valence-corrected chi connectivity index (χ0v) is 11.7. The molecule has 0 radical (unpaired) electrons. The molecule has 0 bridgehead atoms. The van der Waals surface area contributed by atoms with E-state index >= 15 is 0 Å². The number of aliphatic hydroxyl groups excluding tert-OH is 1. The largest absolute Gasteiger partial charge is 0.395 e. The Bertz CT molecular complexity index is 623. The molecule has 3 nitrogen and oxygen atoms in total. The maximum Gasteiger partial charge on any atom is 0.252 e. The van der Waals surface area contributed by atoms with Crippen molar-refractivity contribution in [3.63, 3.8) is 0 Å². The molecule has 102 valence electrons. The lowest BCUT2D eigenvalue weighted by Gasteiger charge is -2.05. The summed E-state index contributed by atoms with van der Waals surface area (Å²) in [5.41, 5.74) is 1.25. The Morgan fingerprint density at radius 1 is 1.25 bits per heavy atom. The number of hydrogen-bond donors (Lipinski definition) is 2. The van der Waals surface area contributed by atoms with E-state index < -0.39 is 0 Å². The molecule has 1 amide bonds. The number of aliphatic hydroxyl groups is 1. The van der Waals surface area contributed by atoms with Gasteiger partial charge in [-0.3, -0.25) is 4.79 Å². The van der Waals surface area contributed by atoms with Crippen LogP contribution in [0.5, 0.6) is 0 Å². The summed E-state index contributed by atoms with van der Waals surface area (Å²) >= 11 is 1.61. The number of amides is 1. The van der Waals surface area contributed by atoms with Gasteiger partial charge in [-0.25, -0.2) is 0 Å². The quantitative estimate of drug-likeness (QED) is 0.848. The molecule has 0 aliphatic carbocycles. The summed E-state index contributed by atoms with van der Waals surface area (Å²) in [6.07, 6.45) is 0.408. The third-order valence-electron chi connectivity index (χ3n) is 2.63. The van der Waals surface area contributed by atoms with E-state index in [0.29, 0.717) is 24.1 Å². The lowest BCUT2D eigenvalue weighted by Crippen LogP contribution is -2.23. The highest BCUT2D eigenvalue weighted by atomic mass is 32.1. The van der Waals surface area contributed by atoms with Crippen molar-refractivity contribution < 1.29 is 9.90 Å². The van der Waals surface area contributed by atoms with E-state index in [2.05, 4.69) is 17.2 Å². The molecule has 0 aliphatic rings. The van der Waals surface area contributed by atoms with E-state index in [4.69, 9.17) is 5.11 Å². The fourth-order valence-corrected chi connectivity index (χ4v) is 2.32. The van der Waals surface area contributed by atoms with Gasteiger partial charge in [0.2, 0.25) is 0 Å². The number of carbonyl (C=O) groups is 1. The van der Waals surface area contributed by atoms with Gasteiger partial charge in [-0.2, -0.15) is 0 Å². The van der Waals surface area contributed by atoms with E-state index in [-0.39, 0.29) is 12.5 Å². The van der Waals surface area contributed by atoms with E-state index in [0.717, 1.165) is 4.88 Å². The first-order valence-electron chi connectivity index (χ1n) is 6.30. The molecule has 0 unspecified atom stereocenters. The SMILES string of the molecule is O=C(NCc1cccs1)c1ccccc1C#CCCO. The molecular weight excluding hydrogens is 270 g/mol. The molecule has 2 aromatic rings. The molecule has 2 N–H and O–H groups in total. The first-order valence-corrected chi connectivity index (χ1v) is 7.18. The van der Waals surface area contributed by atoms with Crippen molar-refractivity contribution in [2.45, 2.75) is 13.0 Å². The van der Waals surface area contributed by atoms with Crippen LogP contribution in [0.2, 0.25) is 0 Å². The predicted molar refractivity (Wildman–Crippen MR) is 80.5 cm³/mol. The first-order chi connectivity index (χ1) is 9.81. The van der Waals surface area contributed by atoms with Crippen LogP contribution in [0.1, 0.15) is 27.2 Å². The average molecular weight is 285 g/mol. The smallest absolute Gasteiger partial charge is 0.252 e. The normalized spacial score (nSPS) is 9.65. The summed E-state index contributed by atoms with van der Waals surface area (Å²) in [5.74, 6) is 5.63. The Kier molecular flexibility index (Phi) is 5.36. The van der Waals surface area contributed by atoms with Crippen LogP contribution in [0.15, 0.2) is 41.8 Å². The Balaban J connectivity index is 2.07. The Hall–Kier alpha value is -2.09. The zero-order chi connectivity index (χ0) is 14.2. The summed E-state index contributed by atoms with van der Waals surface area (Å²) in [7, 11) is 0. The van der Waals surface area contributed by atoms with Gasteiger partial charge in [-0.05, 0) is 23.6 Å². The van der Waals surface area contributed by atoms with Crippen LogP contribution in [-0.4, -0.2) is 17.6 Å². The number of hydrogen-bond acceptors (Lipinski definition) is 3. The van der Waals surface area contributed by atoms with Gasteiger partial charge in [0.05, 0.1) is 18.7 Å². The van der Waals surface area contributed by atoms with Crippen LogP contribution in [0, 0.1) is 11.8 Å². The van der Waals surface area contributed by atoms with Crippen LogP contribution in [0.25, 0.3) is 0 Å². The molecule has 0 saturated heterocycles. The Morgan fingerprint density at radius 2 is 2.10 bits per heavy atom. The monoisotopic (exact) mass is 285 g/mol. The van der Waals surface area contributed by atoms with Gasteiger partial charge in [0.25, 0.3) is 5.91 Å². The molecule has 1 aromatic carbocycles. The minimum absolute atomic E-state index is 0.0275. The topological polar surface area (TPSA) is 49.3 Å². The zero-order valence-electron chi connectivity index (χ0n) is 10.9. The number of rotatable bonds is 4. The summed E-state index contributed by atoms with van der Waals surface area (Å²) in [4.78, 5) is 13.3. The van der Waals surface area contributed by atoms with Crippen LogP contribution < -0.4 is 5.32 Å². The predicted octanol–water partition coefficient (Wildman–Crippen LogP) is 2.41. The van der Waals surface area contributed by atoms with Crippen molar-refractivity contribution in [2.75, 3.05) is 6.61 Å². The fraction of sp³-hybridized carbons (Fsp3) is 0.188. The third kappa shape index (κ3) is 3.95. The molecule has 2 rings (SSSR count). The molecule has 0 fully saturated rings. The highest BCUT2D eigenvalue weighted by Gasteiger charge is 2.09. The maximum absolute atomic E-state index is 12.2. The second-order valence-corrected chi connectivity index (χ2v) is 5.12. The van der Waals surface area contributed by atoms with Gasteiger partial charge >= 0.3 is 0 Å². The van der Waals surface area contributed by atoms with E-state index in [1.165, 1.54) is 0 Å². The number of carbonyl (C=O) groups excluding carboxylic acids is 1. The van der Waals surface area contributed by atoms with Gasteiger partial charge in [0.15, 0.2) is 0 Å². The highest BCUT2D eigenvalue weighted by Crippen LogP contribution is 2.10. The third-order valence-corrected chi connectivity index (χ3v) is 3.51. The molecule has 0 spiro atoms. The first kappa shape index (κ1) is 14.3. The minimum atomic E-state index is -0.132. The molecular formula is C16H15NO2S. The van der Waals surface area contributed by atoms with Gasteiger partial charge in [-0.1, -0.05) is 30.0 Å². The van der Waals surface area contributed by atoms with Gasteiger partial charge < -0.3 is 10.4 Å². The fourth-order valence-electron chi connectivity index (χ4n) is 1.68. The number of nitrogens with one attached hydrogen (secondary N) is 1. The summed E-state index contributed by atoms with van der Waals surface area (Å²) in [5, 5.41) is 13.6. The summed E-state index contributed by atoms with van der Waals surface area (Å²) in [6, 6.07) is 11.2. The molecule has 0 atom stereocenters. The van der Waals surface area contributed by atoms with Crippen molar-refractivity contribution >= 4 is 17.2 Å². The van der Waals surface area contributed by atoms with Crippen molar-refractivity contribution in [2.24, 2.45) is 0 Å². The second-order valence-electron chi connectivity index (χ2n) is 4.08. The standard InChI is InChI=1S/C16H15NO2S/c18-10-4-3-7-13-6-1-2-9-15(13)16(19)17-12-14-8-5-11-20-14/h1-2,5-6,8-9,11,18H,4,10,12H2,(H,17,19). The number of benzene rings is 1. The van der Waals surface area contributed by atoms with Crippen molar-refractivity contribution in [3.05, 3.63) is 57.8 Å². The molecule has 4 heteroatoms. The Morgan fingerprint density at radius 3 is 2.85 bits per heavy atom. The molecule has 0 saturated carbocycles. The van der Waals surface area contributed by atoms with Gasteiger partial charge in [0, 0.05) is 16.9 Å². The van der Waals surface area contributed by atoms with Crippen molar-refractivity contribution in [1.29, 1.82) is 0 Å². The van der Waals surface area contributed by atoms with Crippen LogP contribution in [0.3, 0.4) is 0 Å². The Labute approximate surface area is 122 Å². The van der Waals surface area contributed by atoms with Crippen LogP contribution in [0.4, 0.5) is 0 Å². The second kappa shape index (κ2) is 7.49. The van der Waals surface area contributed by atoms with Gasteiger partial charge in [0.1, 0.15) is 0 Å². The summed E-state index contributed by atoms with van der Waals surface area (Å²) in [6.45, 7) is 0.550.